The van der Waals surface area contributed by atoms with Crippen molar-refractivity contribution in [3.63, 3.8) is 0 Å². The second kappa shape index (κ2) is 5.33. The van der Waals surface area contributed by atoms with Gasteiger partial charge in [0.1, 0.15) is 0 Å². The fourth-order valence-corrected chi connectivity index (χ4v) is 2.95. The Labute approximate surface area is 125 Å². The minimum Gasteiger partial charge on any atom is -0.308 e. The molecule has 0 fully saturated rings. The molecule has 1 aromatic carbocycles. The highest BCUT2D eigenvalue weighted by atomic mass is 35.5. The van der Waals surface area contributed by atoms with E-state index in [0.29, 0.717) is 10.6 Å². The first-order chi connectivity index (χ1) is 10.1. The van der Waals surface area contributed by atoms with Crippen LogP contribution in [0.1, 0.15) is 23.2 Å². The Morgan fingerprint density at radius 2 is 2.05 bits per heavy atom. The third kappa shape index (κ3) is 2.56. The summed E-state index contributed by atoms with van der Waals surface area (Å²) in [6.45, 7) is 0.266. The van der Waals surface area contributed by atoms with Crippen LogP contribution in [0, 0.1) is 10.1 Å². The van der Waals surface area contributed by atoms with Crippen molar-refractivity contribution in [2.45, 2.75) is 25.8 Å². The topological polar surface area (TPSA) is 65.1 Å². The first-order valence-electron chi connectivity index (χ1n) is 6.70. The van der Waals surface area contributed by atoms with Crippen LogP contribution in [0.15, 0.2) is 35.1 Å². The minimum absolute atomic E-state index is 0.0185. The van der Waals surface area contributed by atoms with E-state index in [1.807, 2.05) is 6.07 Å². The van der Waals surface area contributed by atoms with E-state index in [4.69, 9.17) is 11.6 Å². The van der Waals surface area contributed by atoms with Gasteiger partial charge in [0.15, 0.2) is 0 Å². The van der Waals surface area contributed by atoms with Crippen LogP contribution in [-0.2, 0) is 19.4 Å². The molecule has 0 amide bonds. The van der Waals surface area contributed by atoms with E-state index in [1.165, 1.54) is 23.8 Å². The van der Waals surface area contributed by atoms with Gasteiger partial charge in [-0.1, -0.05) is 17.7 Å². The number of benzene rings is 1. The van der Waals surface area contributed by atoms with E-state index in [0.717, 1.165) is 25.0 Å². The molecule has 0 N–H and O–H groups in total. The Balaban J connectivity index is 2.05. The maximum absolute atomic E-state index is 12.1. The summed E-state index contributed by atoms with van der Waals surface area (Å²) in [5.41, 5.74) is 2.67. The fraction of sp³-hybridized carbons (Fsp3) is 0.267. The lowest BCUT2D eigenvalue weighted by Crippen LogP contribution is -2.23. The molecule has 1 aliphatic carbocycles. The van der Waals surface area contributed by atoms with Gasteiger partial charge in [-0.05, 0) is 36.5 Å². The molecule has 0 aliphatic heterocycles. The second-order valence-corrected chi connectivity index (χ2v) is 5.52. The molecular formula is C15H13ClN2O3. The van der Waals surface area contributed by atoms with E-state index in [9.17, 15) is 14.9 Å². The van der Waals surface area contributed by atoms with Gasteiger partial charge in [0.05, 0.1) is 11.5 Å². The van der Waals surface area contributed by atoms with Crippen molar-refractivity contribution in [2.75, 3.05) is 0 Å². The van der Waals surface area contributed by atoms with Gasteiger partial charge in [0, 0.05) is 28.9 Å². The van der Waals surface area contributed by atoms with Crippen LogP contribution < -0.4 is 5.56 Å². The molecule has 2 aromatic rings. The number of aromatic nitrogens is 1. The summed E-state index contributed by atoms with van der Waals surface area (Å²) in [6, 6.07) is 7.72. The van der Waals surface area contributed by atoms with E-state index in [1.54, 1.807) is 10.6 Å². The molecule has 3 rings (SSSR count). The number of pyridine rings is 1. The number of nitro benzene ring substituents is 1. The second-order valence-electron chi connectivity index (χ2n) is 5.12. The van der Waals surface area contributed by atoms with Crippen molar-refractivity contribution >= 4 is 17.3 Å². The molecule has 1 aliphatic rings. The summed E-state index contributed by atoms with van der Waals surface area (Å²) >= 11 is 6.12. The van der Waals surface area contributed by atoms with Gasteiger partial charge in [-0.2, -0.15) is 0 Å². The number of fused-ring (bicyclic) bond motifs is 1. The van der Waals surface area contributed by atoms with Gasteiger partial charge in [-0.3, -0.25) is 14.9 Å². The fourth-order valence-electron chi connectivity index (χ4n) is 2.77. The van der Waals surface area contributed by atoms with Crippen molar-refractivity contribution in [3.05, 3.63) is 72.6 Å². The monoisotopic (exact) mass is 304 g/mol. The first-order valence-corrected chi connectivity index (χ1v) is 7.08. The average molecular weight is 305 g/mol. The van der Waals surface area contributed by atoms with Crippen molar-refractivity contribution in [2.24, 2.45) is 0 Å². The lowest BCUT2D eigenvalue weighted by atomic mass is 10.1. The first kappa shape index (κ1) is 13.8. The van der Waals surface area contributed by atoms with E-state index in [2.05, 4.69) is 0 Å². The highest BCUT2D eigenvalue weighted by Crippen LogP contribution is 2.25. The third-order valence-electron chi connectivity index (χ3n) is 3.82. The summed E-state index contributed by atoms with van der Waals surface area (Å²) in [4.78, 5) is 22.5. The van der Waals surface area contributed by atoms with Gasteiger partial charge >= 0.3 is 0 Å². The predicted octanol–water partition coefficient (Wildman–Crippen LogP) is 2.95. The van der Waals surface area contributed by atoms with Crippen molar-refractivity contribution < 1.29 is 4.92 Å². The number of hydrogen-bond donors (Lipinski definition) is 0. The molecule has 21 heavy (non-hydrogen) atoms. The highest BCUT2D eigenvalue weighted by molar-refractivity contribution is 6.31. The number of nitrogens with zero attached hydrogens (tertiary/aromatic N) is 2. The van der Waals surface area contributed by atoms with Crippen molar-refractivity contribution in [3.8, 4) is 0 Å². The quantitative estimate of drug-likeness (QED) is 0.647. The maximum atomic E-state index is 12.1. The molecule has 108 valence electrons. The molecule has 1 heterocycles. The Morgan fingerprint density at radius 1 is 1.24 bits per heavy atom. The van der Waals surface area contributed by atoms with E-state index < -0.39 is 4.92 Å². The average Bonchev–Trinajstić information content (AvgIpc) is 2.92. The summed E-state index contributed by atoms with van der Waals surface area (Å²) in [7, 11) is 0. The van der Waals surface area contributed by atoms with Crippen LogP contribution in [0.4, 0.5) is 5.69 Å². The van der Waals surface area contributed by atoms with Gasteiger partial charge in [-0.25, -0.2) is 0 Å². The number of halogens is 1. The molecule has 0 saturated heterocycles. The SMILES string of the molecule is O=c1ccc2c(n1Cc1cc([N+](=O)[O-])ccc1Cl)CCC2. The van der Waals surface area contributed by atoms with Crippen LogP contribution in [0.5, 0.6) is 0 Å². The van der Waals surface area contributed by atoms with Gasteiger partial charge in [0.25, 0.3) is 11.2 Å². The van der Waals surface area contributed by atoms with Crippen LogP contribution in [0.2, 0.25) is 5.02 Å². The highest BCUT2D eigenvalue weighted by Gasteiger charge is 2.17. The Morgan fingerprint density at radius 3 is 2.81 bits per heavy atom. The largest absolute Gasteiger partial charge is 0.308 e. The van der Waals surface area contributed by atoms with Crippen molar-refractivity contribution in [1.82, 2.24) is 4.57 Å². The zero-order valence-electron chi connectivity index (χ0n) is 11.2. The molecule has 0 bridgehead atoms. The Hall–Kier alpha value is -2.14. The lowest BCUT2D eigenvalue weighted by molar-refractivity contribution is -0.384. The Bertz CT molecular complexity index is 783. The van der Waals surface area contributed by atoms with Crippen LogP contribution >= 0.6 is 11.6 Å². The molecule has 0 saturated carbocycles. The lowest BCUT2D eigenvalue weighted by Gasteiger charge is -2.12. The molecule has 0 spiro atoms. The minimum atomic E-state index is -0.460. The van der Waals surface area contributed by atoms with E-state index >= 15 is 0 Å². The summed E-state index contributed by atoms with van der Waals surface area (Å²) in [6.07, 6.45) is 2.86. The summed E-state index contributed by atoms with van der Waals surface area (Å²) < 4.78 is 1.67. The van der Waals surface area contributed by atoms with Gasteiger partial charge in [0.2, 0.25) is 0 Å². The number of rotatable bonds is 3. The number of hydrogen-bond acceptors (Lipinski definition) is 3. The van der Waals surface area contributed by atoms with Crippen LogP contribution in [0.25, 0.3) is 0 Å². The number of nitro groups is 1. The maximum Gasteiger partial charge on any atom is 0.269 e. The Kier molecular flexibility index (Phi) is 3.51. The third-order valence-corrected chi connectivity index (χ3v) is 4.19. The smallest absolute Gasteiger partial charge is 0.269 e. The van der Waals surface area contributed by atoms with Gasteiger partial charge in [-0.15, -0.1) is 0 Å². The number of aryl methyl sites for hydroxylation is 1. The number of non-ortho nitro benzene ring substituents is 1. The van der Waals surface area contributed by atoms with Crippen LogP contribution in [-0.4, -0.2) is 9.49 Å². The molecule has 5 nitrogen and oxygen atoms in total. The molecule has 0 unspecified atom stereocenters. The van der Waals surface area contributed by atoms with E-state index in [-0.39, 0.29) is 17.8 Å². The normalized spacial score (nSPS) is 13.2. The van der Waals surface area contributed by atoms with Gasteiger partial charge < -0.3 is 4.57 Å². The van der Waals surface area contributed by atoms with Crippen LogP contribution in [0.3, 0.4) is 0 Å². The molecule has 0 radical (unpaired) electrons. The summed E-state index contributed by atoms with van der Waals surface area (Å²) in [5, 5.41) is 11.3. The predicted molar refractivity (Wildman–Crippen MR) is 79.9 cm³/mol. The molecular weight excluding hydrogens is 292 g/mol. The zero-order valence-corrected chi connectivity index (χ0v) is 12.0. The standard InChI is InChI=1S/C15H13ClN2O3/c16-13-6-5-12(18(20)21)8-11(13)9-17-14-3-1-2-10(14)4-7-15(17)19/h4-8H,1-3,9H2. The van der Waals surface area contributed by atoms with Crippen molar-refractivity contribution in [1.29, 1.82) is 0 Å². The zero-order chi connectivity index (χ0) is 15.0. The summed E-state index contributed by atoms with van der Waals surface area (Å²) in [5.74, 6) is 0. The molecule has 0 atom stereocenters. The molecule has 1 aromatic heterocycles. The molecule has 6 heteroatoms.